The van der Waals surface area contributed by atoms with Crippen LogP contribution in [0.25, 0.3) is 11.2 Å². The first-order chi connectivity index (χ1) is 17.2. The van der Waals surface area contributed by atoms with Gasteiger partial charge in [0.25, 0.3) is 0 Å². The Morgan fingerprint density at radius 3 is 2.83 bits per heavy atom. The second-order valence-corrected chi connectivity index (χ2v) is 11.1. The molecular weight excluding hydrogens is 507 g/mol. The summed E-state index contributed by atoms with van der Waals surface area (Å²) in [5.74, 6) is 0.538. The van der Waals surface area contributed by atoms with E-state index in [9.17, 15) is 4.79 Å². The lowest BCUT2D eigenvalue weighted by Gasteiger charge is -2.27. The van der Waals surface area contributed by atoms with E-state index < -0.39 is 31.0 Å². The fourth-order valence-electron chi connectivity index (χ4n) is 3.63. The molecule has 4 rings (SSSR count). The number of fused-ring (bicyclic) bond motifs is 1. The Bertz CT molecular complexity index is 1310. The first-order valence-electron chi connectivity index (χ1n) is 11.0. The number of hydrogen-bond acceptors (Lipinski definition) is 12. The summed E-state index contributed by atoms with van der Waals surface area (Å²) in [5, 5.41) is 14.4. The molecule has 0 aliphatic carbocycles. The molecule has 1 aromatic carbocycles. The van der Waals surface area contributed by atoms with Crippen molar-refractivity contribution < 1.29 is 23.3 Å². The van der Waals surface area contributed by atoms with Gasteiger partial charge < -0.3 is 35.0 Å². The number of esters is 1. The van der Waals surface area contributed by atoms with E-state index in [-0.39, 0.29) is 19.0 Å². The maximum Gasteiger partial charge on any atom is 0.323 e. The number of imidazole rings is 1. The molecule has 1 aliphatic rings. The highest BCUT2D eigenvalue weighted by Crippen LogP contribution is 2.46. The Balaban J connectivity index is 1.50. The van der Waals surface area contributed by atoms with Gasteiger partial charge >= 0.3 is 12.6 Å². The lowest BCUT2D eigenvalue weighted by molar-refractivity contribution is -0.142. The number of rotatable bonds is 10. The van der Waals surface area contributed by atoms with Crippen LogP contribution in [0.4, 0.5) is 11.8 Å². The molecule has 0 unspecified atom stereocenters. The van der Waals surface area contributed by atoms with Crippen molar-refractivity contribution in [2.75, 3.05) is 31.8 Å². The van der Waals surface area contributed by atoms with Gasteiger partial charge in [0.1, 0.15) is 11.8 Å². The van der Waals surface area contributed by atoms with Crippen LogP contribution in [0.15, 0.2) is 36.7 Å². The van der Waals surface area contributed by atoms with Gasteiger partial charge in [-0.05, 0) is 30.9 Å². The van der Waals surface area contributed by atoms with E-state index in [0.717, 1.165) is 0 Å². The van der Waals surface area contributed by atoms with E-state index in [2.05, 4.69) is 25.4 Å². The van der Waals surface area contributed by atoms with Crippen LogP contribution in [0.1, 0.15) is 19.6 Å². The molecule has 0 bridgehead atoms. The number of hydrogen-bond donors (Lipinski definition) is 4. The standard InChI is InChI=1S/C21H27N8O5PS/c1-12(20(30)31-3)28-35(36,34-13-7-5-4-6-8-13)32-10-14-9-15(22)19(33-14)29-11-25-16-17(24-2)26-21(23)27-18(16)29/h4-8,11-12,14,19,22H,9-10H2,1-3H3,(H,28,36)(H3,23,24,26,27)/t12-,14-,19+,35-/m0/s1. The molecule has 2 aromatic heterocycles. The Morgan fingerprint density at radius 2 is 2.14 bits per heavy atom. The van der Waals surface area contributed by atoms with Crippen LogP contribution in [0.3, 0.4) is 0 Å². The van der Waals surface area contributed by atoms with Crippen LogP contribution in [0.5, 0.6) is 5.75 Å². The van der Waals surface area contributed by atoms with Crippen LogP contribution >= 0.6 is 6.64 Å². The molecule has 3 heterocycles. The zero-order valence-electron chi connectivity index (χ0n) is 19.9. The van der Waals surface area contributed by atoms with Crippen molar-refractivity contribution in [3.05, 3.63) is 36.7 Å². The second-order valence-electron chi connectivity index (χ2n) is 7.92. The number of carbonyl (C=O) groups excluding carboxylic acids is 1. The summed E-state index contributed by atoms with van der Waals surface area (Å²) in [6.45, 7) is -1.57. The third kappa shape index (κ3) is 5.63. The minimum Gasteiger partial charge on any atom is -0.468 e. The fourth-order valence-corrected chi connectivity index (χ4v) is 6.06. The molecule has 3 aromatic rings. The third-order valence-corrected chi connectivity index (χ3v) is 7.80. The molecule has 5 N–H and O–H groups in total. The van der Waals surface area contributed by atoms with Gasteiger partial charge in [-0.25, -0.2) is 10.1 Å². The third-order valence-electron chi connectivity index (χ3n) is 5.30. The van der Waals surface area contributed by atoms with E-state index in [1.807, 2.05) is 6.07 Å². The summed E-state index contributed by atoms with van der Waals surface area (Å²) >= 11 is 5.69. The molecular formula is C21H27N8O5PS. The van der Waals surface area contributed by atoms with Gasteiger partial charge in [0.15, 0.2) is 23.2 Å². The normalized spacial score (nSPS) is 20.1. The van der Waals surface area contributed by atoms with Crippen molar-refractivity contribution in [2.45, 2.75) is 31.7 Å². The molecule has 1 aliphatic heterocycles. The Morgan fingerprint density at radius 1 is 1.39 bits per heavy atom. The van der Waals surface area contributed by atoms with Gasteiger partial charge in [-0.2, -0.15) is 9.97 Å². The topological polar surface area (TPSA) is 172 Å². The molecule has 1 saturated heterocycles. The molecule has 0 spiro atoms. The second kappa shape index (κ2) is 10.8. The van der Waals surface area contributed by atoms with E-state index in [0.29, 0.717) is 28.4 Å². The summed E-state index contributed by atoms with van der Waals surface area (Å²) in [5.41, 5.74) is 7.09. The summed E-state index contributed by atoms with van der Waals surface area (Å²) in [7, 11) is 3.00. The quantitative estimate of drug-likeness (QED) is 0.221. The molecule has 15 heteroatoms. The minimum absolute atomic E-state index is 0.0232. The highest BCUT2D eigenvalue weighted by molar-refractivity contribution is 8.09. The first kappa shape index (κ1) is 25.9. The number of aromatic nitrogens is 4. The SMILES string of the molecule is CNc1nc(N)nc2c1ncn2[C@@H]1O[C@H](CO[P@@](=S)(N[C@@H](C)C(=O)OC)Oc2ccccc2)CC1=N. The number of nitrogens with one attached hydrogen (secondary N) is 3. The van der Waals surface area contributed by atoms with Gasteiger partial charge in [-0.15, -0.1) is 0 Å². The summed E-state index contributed by atoms with van der Waals surface area (Å²) < 4.78 is 24.5. The number of nitrogens with two attached hydrogens (primary N) is 1. The van der Waals surface area contributed by atoms with E-state index in [1.54, 1.807) is 42.8 Å². The number of methoxy groups -OCH3 is 1. The highest BCUT2D eigenvalue weighted by Gasteiger charge is 2.36. The van der Waals surface area contributed by atoms with Crippen molar-refractivity contribution in [2.24, 2.45) is 0 Å². The number of carbonyl (C=O) groups is 1. The zero-order valence-corrected chi connectivity index (χ0v) is 21.6. The smallest absolute Gasteiger partial charge is 0.323 e. The number of para-hydroxylation sites is 1. The molecule has 0 saturated carbocycles. The van der Waals surface area contributed by atoms with Crippen LogP contribution in [0.2, 0.25) is 0 Å². The molecule has 13 nitrogen and oxygen atoms in total. The number of nitrogens with zero attached hydrogens (tertiary/aromatic N) is 4. The average molecular weight is 535 g/mol. The van der Waals surface area contributed by atoms with Gasteiger partial charge in [-0.1, -0.05) is 18.2 Å². The van der Waals surface area contributed by atoms with Gasteiger partial charge in [0.2, 0.25) is 5.95 Å². The number of benzene rings is 1. The van der Waals surface area contributed by atoms with Crippen LogP contribution in [-0.4, -0.2) is 64.1 Å². The molecule has 4 atom stereocenters. The number of nitrogen functional groups attached to an aromatic ring is 1. The van der Waals surface area contributed by atoms with Crippen LogP contribution < -0.4 is 20.7 Å². The summed E-state index contributed by atoms with van der Waals surface area (Å²) in [6.07, 6.45) is 0.568. The zero-order chi connectivity index (χ0) is 25.9. The maximum atomic E-state index is 12.0. The van der Waals surface area contributed by atoms with Gasteiger partial charge in [-0.3, -0.25) is 9.36 Å². The lowest BCUT2D eigenvalue weighted by Crippen LogP contribution is -2.35. The molecule has 1 fully saturated rings. The lowest BCUT2D eigenvalue weighted by atomic mass is 10.2. The first-order valence-corrected chi connectivity index (χ1v) is 13.6. The minimum atomic E-state index is -3.21. The highest BCUT2D eigenvalue weighted by atomic mass is 32.5. The molecule has 0 radical (unpaired) electrons. The Hall–Kier alpha value is -3.16. The Labute approximate surface area is 212 Å². The molecule has 192 valence electrons. The van der Waals surface area contributed by atoms with E-state index >= 15 is 0 Å². The van der Waals surface area contributed by atoms with Crippen molar-refractivity contribution in [3.8, 4) is 5.75 Å². The van der Waals surface area contributed by atoms with E-state index in [4.69, 9.17) is 41.5 Å². The van der Waals surface area contributed by atoms with Crippen LogP contribution in [0, 0.1) is 5.41 Å². The predicted molar refractivity (Wildman–Crippen MR) is 137 cm³/mol. The maximum absolute atomic E-state index is 12.0. The van der Waals surface area contributed by atoms with Crippen molar-refractivity contribution in [3.63, 3.8) is 0 Å². The fraction of sp³-hybridized carbons (Fsp3) is 0.381. The van der Waals surface area contributed by atoms with Crippen molar-refractivity contribution in [1.82, 2.24) is 24.6 Å². The summed E-state index contributed by atoms with van der Waals surface area (Å²) in [4.78, 5) is 24.7. The summed E-state index contributed by atoms with van der Waals surface area (Å²) in [6, 6.07) is 8.17. The largest absolute Gasteiger partial charge is 0.468 e. The predicted octanol–water partition coefficient (Wildman–Crippen LogP) is 2.23. The van der Waals surface area contributed by atoms with E-state index in [1.165, 1.54) is 13.4 Å². The Kier molecular flexibility index (Phi) is 7.81. The van der Waals surface area contributed by atoms with Crippen molar-refractivity contribution in [1.29, 1.82) is 5.41 Å². The average Bonchev–Trinajstić information content (AvgIpc) is 3.44. The van der Waals surface area contributed by atoms with Crippen molar-refractivity contribution >= 4 is 53.1 Å². The molecule has 36 heavy (non-hydrogen) atoms. The monoisotopic (exact) mass is 534 g/mol. The number of ether oxygens (including phenoxy) is 2. The van der Waals surface area contributed by atoms with Crippen LogP contribution in [-0.2, 0) is 30.6 Å². The number of anilines is 2. The molecule has 0 amide bonds. The van der Waals surface area contributed by atoms with Gasteiger partial charge in [0.05, 0.1) is 31.9 Å². The van der Waals surface area contributed by atoms with Gasteiger partial charge in [0, 0.05) is 13.5 Å².